The zero-order chi connectivity index (χ0) is 24.2. The molecular weight excluding hydrogens is 484 g/mol. The van der Waals surface area contributed by atoms with Gasteiger partial charge in [-0.25, -0.2) is 9.78 Å². The molecule has 2 bridgehead atoms. The van der Waals surface area contributed by atoms with Gasteiger partial charge in [-0.15, -0.1) is 34.7 Å². The number of amides is 2. The maximum atomic E-state index is 12.9. The first-order chi connectivity index (χ1) is 15.8. The Morgan fingerprint density at radius 1 is 1.33 bits per heavy atom. The van der Waals surface area contributed by atoms with Crippen LogP contribution in [0.3, 0.4) is 0 Å². The highest BCUT2D eigenvalue weighted by atomic mass is 35.5. The molecule has 2 heterocycles. The van der Waals surface area contributed by atoms with E-state index in [1.165, 1.54) is 23.1 Å². The summed E-state index contributed by atoms with van der Waals surface area (Å²) in [5, 5.41) is 8.84. The molecule has 0 aromatic carbocycles. The van der Waals surface area contributed by atoms with Gasteiger partial charge in [-0.05, 0) is 30.6 Å². The lowest BCUT2D eigenvalue weighted by Crippen LogP contribution is -2.47. The van der Waals surface area contributed by atoms with Crippen LogP contribution in [0.15, 0.2) is 22.5 Å². The molecule has 0 saturated heterocycles. The number of aromatic nitrogens is 1. The Labute approximate surface area is 208 Å². The van der Waals surface area contributed by atoms with Gasteiger partial charge in [0.2, 0.25) is 11.8 Å². The second kappa shape index (κ2) is 14.4. The van der Waals surface area contributed by atoms with Crippen LogP contribution in [0.4, 0.5) is 0 Å². The van der Waals surface area contributed by atoms with Crippen LogP contribution in [-0.4, -0.2) is 58.1 Å². The number of thiazole rings is 1. The number of alkyl halides is 1. The van der Waals surface area contributed by atoms with E-state index in [2.05, 4.69) is 27.5 Å². The fraction of sp³-hybridized carbons (Fsp3) is 0.591. The minimum absolute atomic E-state index is 0.0411. The fourth-order valence-electron chi connectivity index (χ4n) is 2.86. The average molecular weight is 515 g/mol. The molecular formula is C22H31ClN4O4S2. The van der Waals surface area contributed by atoms with E-state index in [0.29, 0.717) is 23.0 Å². The van der Waals surface area contributed by atoms with Crippen molar-refractivity contribution < 1.29 is 19.1 Å². The number of nitrogens with one attached hydrogen (secondary N) is 2. The molecule has 2 rings (SSSR count). The van der Waals surface area contributed by atoms with Gasteiger partial charge in [-0.1, -0.05) is 26.8 Å². The summed E-state index contributed by atoms with van der Waals surface area (Å²) in [7, 11) is 0. The third kappa shape index (κ3) is 9.46. The standard InChI is InChI=1S/C22H31ClN4O4S2/c1-4-9-32-21-16-13-33-19(26-16)12-24-17(28)10-15(7-5-6-8-23)31-22(30)20(14(2)3)27-18(29)11-25-21/h5,7,13-15,20H,4,6,8-12H2,1-3H3,(H,24,28)(H,27,29)/b7-5+,25-21?/t15-,20?/m1/s1. The monoisotopic (exact) mass is 514 g/mol. The molecule has 33 heavy (non-hydrogen) atoms. The number of nitrogens with zero attached hydrogens (tertiary/aromatic N) is 2. The minimum atomic E-state index is -0.856. The van der Waals surface area contributed by atoms with Gasteiger partial charge >= 0.3 is 5.97 Å². The van der Waals surface area contributed by atoms with Gasteiger partial charge in [-0.2, -0.15) is 0 Å². The van der Waals surface area contributed by atoms with Gasteiger partial charge in [0.1, 0.15) is 34.4 Å². The molecule has 0 aliphatic carbocycles. The van der Waals surface area contributed by atoms with Gasteiger partial charge in [-0.3, -0.25) is 14.6 Å². The van der Waals surface area contributed by atoms with Crippen LogP contribution in [0.1, 0.15) is 50.7 Å². The lowest BCUT2D eigenvalue weighted by atomic mass is 10.0. The molecule has 2 N–H and O–H groups in total. The smallest absolute Gasteiger partial charge is 0.329 e. The van der Waals surface area contributed by atoms with Crippen LogP contribution in [0, 0.1) is 5.92 Å². The van der Waals surface area contributed by atoms with Crippen molar-refractivity contribution in [1.29, 1.82) is 0 Å². The zero-order valence-corrected chi connectivity index (χ0v) is 21.5. The molecule has 0 spiro atoms. The van der Waals surface area contributed by atoms with Crippen molar-refractivity contribution in [3.05, 3.63) is 28.2 Å². The predicted molar refractivity (Wildman–Crippen MR) is 134 cm³/mol. The number of fused-ring (bicyclic) bond motifs is 2. The number of carbonyl (C=O) groups excluding carboxylic acids is 3. The fourth-order valence-corrected chi connectivity index (χ4v) is 4.59. The average Bonchev–Trinajstić information content (AvgIpc) is 3.24. The topological polar surface area (TPSA) is 110 Å². The Hall–Kier alpha value is -1.91. The normalized spacial score (nSPS) is 21.0. The molecule has 1 aliphatic heterocycles. The highest BCUT2D eigenvalue weighted by Gasteiger charge is 2.28. The van der Waals surface area contributed by atoms with E-state index < -0.39 is 18.1 Å². The Kier molecular flexibility index (Phi) is 11.9. The molecule has 2 amide bonds. The number of thioether (sulfide) groups is 1. The van der Waals surface area contributed by atoms with Crippen molar-refractivity contribution in [2.75, 3.05) is 18.2 Å². The van der Waals surface area contributed by atoms with E-state index in [0.717, 1.165) is 17.2 Å². The molecule has 0 fully saturated rings. The molecule has 0 radical (unpaired) electrons. The number of allylic oxidation sites excluding steroid dienone is 1. The second-order valence-corrected chi connectivity index (χ2v) is 10.2. The number of hydrogen-bond donors (Lipinski definition) is 2. The van der Waals surface area contributed by atoms with Crippen molar-refractivity contribution in [3.8, 4) is 0 Å². The second-order valence-electron chi connectivity index (χ2n) is 7.75. The van der Waals surface area contributed by atoms with Crippen molar-refractivity contribution in [3.63, 3.8) is 0 Å². The Morgan fingerprint density at radius 3 is 2.82 bits per heavy atom. The molecule has 11 heteroatoms. The van der Waals surface area contributed by atoms with Gasteiger partial charge in [0.05, 0.1) is 13.0 Å². The van der Waals surface area contributed by atoms with Crippen LogP contribution in [0.2, 0.25) is 0 Å². The molecule has 1 unspecified atom stereocenters. The third-order valence-corrected chi connectivity index (χ3v) is 6.83. The molecule has 182 valence electrons. The number of halogens is 1. The van der Waals surface area contributed by atoms with E-state index in [1.807, 2.05) is 19.2 Å². The third-order valence-electron chi connectivity index (χ3n) is 4.53. The van der Waals surface area contributed by atoms with Crippen molar-refractivity contribution in [2.45, 2.75) is 58.7 Å². The van der Waals surface area contributed by atoms with Crippen LogP contribution in [0.5, 0.6) is 0 Å². The maximum Gasteiger partial charge on any atom is 0.329 e. The van der Waals surface area contributed by atoms with Gasteiger partial charge in [0.25, 0.3) is 0 Å². The summed E-state index contributed by atoms with van der Waals surface area (Å²) >= 11 is 8.67. The SMILES string of the molecule is CCCSC1=NCC(=O)NC(C(C)C)C(=O)O[C@H](/C=C/CCCl)CC(=O)NCc2nc1cs2. The van der Waals surface area contributed by atoms with Gasteiger partial charge < -0.3 is 15.4 Å². The van der Waals surface area contributed by atoms with E-state index in [4.69, 9.17) is 16.3 Å². The quantitative estimate of drug-likeness (QED) is 0.342. The van der Waals surface area contributed by atoms with Crippen molar-refractivity contribution >= 4 is 57.5 Å². The number of hydrogen-bond acceptors (Lipinski definition) is 8. The highest BCUT2D eigenvalue weighted by Crippen LogP contribution is 2.19. The van der Waals surface area contributed by atoms with Crippen LogP contribution >= 0.6 is 34.7 Å². The minimum Gasteiger partial charge on any atom is -0.456 e. The Balaban J connectivity index is 2.32. The molecule has 8 nitrogen and oxygen atoms in total. The maximum absolute atomic E-state index is 12.9. The summed E-state index contributed by atoms with van der Waals surface area (Å²) in [6, 6.07) is -0.856. The highest BCUT2D eigenvalue weighted by molar-refractivity contribution is 8.14. The number of ether oxygens (including phenoxy) is 1. The summed E-state index contributed by atoms with van der Waals surface area (Å²) in [5.41, 5.74) is 0.685. The van der Waals surface area contributed by atoms with Crippen LogP contribution in [-0.2, 0) is 25.7 Å². The van der Waals surface area contributed by atoms with E-state index in [1.54, 1.807) is 12.2 Å². The predicted octanol–water partition coefficient (Wildman–Crippen LogP) is 3.29. The van der Waals surface area contributed by atoms with E-state index in [-0.39, 0.29) is 37.2 Å². The molecule has 0 saturated carbocycles. The first kappa shape index (κ1) is 27.3. The number of aliphatic imine (C=N–C) groups is 1. The number of cyclic esters (lactones) is 1. The Morgan fingerprint density at radius 2 is 2.12 bits per heavy atom. The first-order valence-electron chi connectivity index (χ1n) is 10.9. The molecule has 2 atom stereocenters. The van der Waals surface area contributed by atoms with Crippen molar-refractivity contribution in [1.82, 2.24) is 15.6 Å². The molecule has 1 aromatic rings. The van der Waals surface area contributed by atoms with Crippen LogP contribution < -0.4 is 10.6 Å². The number of rotatable bonds is 6. The summed E-state index contributed by atoms with van der Waals surface area (Å²) < 4.78 is 5.60. The van der Waals surface area contributed by atoms with Gasteiger partial charge in [0.15, 0.2) is 0 Å². The summed E-state index contributed by atoms with van der Waals surface area (Å²) in [6.45, 7) is 5.84. The lowest BCUT2D eigenvalue weighted by Gasteiger charge is -2.23. The van der Waals surface area contributed by atoms with E-state index >= 15 is 0 Å². The Bertz CT molecular complexity index is 872. The van der Waals surface area contributed by atoms with Gasteiger partial charge in [0, 0.05) is 11.3 Å². The zero-order valence-electron chi connectivity index (χ0n) is 19.1. The largest absolute Gasteiger partial charge is 0.456 e. The summed E-state index contributed by atoms with van der Waals surface area (Å²) in [5.74, 6) is -0.198. The lowest BCUT2D eigenvalue weighted by molar-refractivity contribution is -0.153. The summed E-state index contributed by atoms with van der Waals surface area (Å²) in [6.07, 6.45) is 4.15. The molecule has 1 aliphatic rings. The number of esters is 1. The van der Waals surface area contributed by atoms with E-state index in [9.17, 15) is 14.4 Å². The first-order valence-corrected chi connectivity index (χ1v) is 13.3. The number of carbonyl (C=O) groups is 3. The summed E-state index contributed by atoms with van der Waals surface area (Å²) in [4.78, 5) is 47.1. The molecule has 1 aromatic heterocycles. The van der Waals surface area contributed by atoms with Crippen LogP contribution in [0.25, 0.3) is 0 Å². The van der Waals surface area contributed by atoms with Crippen molar-refractivity contribution in [2.24, 2.45) is 10.9 Å².